The maximum atomic E-state index is 12.1. The highest BCUT2D eigenvalue weighted by Gasteiger charge is 2.11. The minimum absolute atomic E-state index is 0.0782. The molecule has 0 unspecified atom stereocenters. The van der Waals surface area contributed by atoms with Crippen LogP contribution in [0.25, 0.3) is 0 Å². The van der Waals surface area contributed by atoms with E-state index < -0.39 is 10.8 Å². The van der Waals surface area contributed by atoms with Gasteiger partial charge in [-0.1, -0.05) is 17.7 Å². The van der Waals surface area contributed by atoms with Crippen molar-refractivity contribution >= 4 is 23.0 Å². The van der Waals surface area contributed by atoms with Gasteiger partial charge in [-0.15, -0.1) is 0 Å². The van der Waals surface area contributed by atoms with Crippen LogP contribution in [0.4, 0.5) is 17.1 Å². The first kappa shape index (κ1) is 17.7. The van der Waals surface area contributed by atoms with Gasteiger partial charge < -0.3 is 10.6 Å². The van der Waals surface area contributed by atoms with Crippen molar-refractivity contribution < 1.29 is 9.72 Å². The molecule has 7 nitrogen and oxygen atoms in total. The van der Waals surface area contributed by atoms with Gasteiger partial charge in [-0.3, -0.25) is 14.9 Å². The molecule has 126 valence electrons. The predicted octanol–water partition coefficient (Wildman–Crippen LogP) is 3.67. The first-order chi connectivity index (χ1) is 11.9. The van der Waals surface area contributed by atoms with Crippen molar-refractivity contribution in [2.45, 2.75) is 13.8 Å². The van der Waals surface area contributed by atoms with Crippen LogP contribution in [-0.2, 0) is 4.79 Å². The number of hydrogen-bond donors (Lipinski definition) is 2. The third-order valence-electron chi connectivity index (χ3n) is 3.45. The number of benzene rings is 2. The van der Waals surface area contributed by atoms with E-state index in [2.05, 4.69) is 10.6 Å². The summed E-state index contributed by atoms with van der Waals surface area (Å²) < 4.78 is 0. The lowest BCUT2D eigenvalue weighted by molar-refractivity contribution is -0.384. The molecule has 1 amide bonds. The highest BCUT2D eigenvalue weighted by Crippen LogP contribution is 2.18. The number of nitro groups is 1. The fraction of sp³-hybridized carbons (Fsp3) is 0.111. The van der Waals surface area contributed by atoms with Gasteiger partial charge in [0.15, 0.2) is 0 Å². The second-order valence-electron chi connectivity index (χ2n) is 5.39. The van der Waals surface area contributed by atoms with Crippen molar-refractivity contribution in [2.75, 3.05) is 10.6 Å². The minimum atomic E-state index is -0.603. The Hall–Kier alpha value is -3.66. The van der Waals surface area contributed by atoms with Crippen LogP contribution in [0.5, 0.6) is 0 Å². The summed E-state index contributed by atoms with van der Waals surface area (Å²) in [5.41, 5.74) is 3.07. The number of nitrogens with zero attached hydrogens (tertiary/aromatic N) is 2. The summed E-state index contributed by atoms with van der Waals surface area (Å²) in [6.07, 6.45) is 1.33. The summed E-state index contributed by atoms with van der Waals surface area (Å²) in [5, 5.41) is 25.3. The fourth-order valence-electron chi connectivity index (χ4n) is 2.14. The zero-order valence-electron chi connectivity index (χ0n) is 13.7. The van der Waals surface area contributed by atoms with Crippen LogP contribution in [0, 0.1) is 35.3 Å². The van der Waals surface area contributed by atoms with Crippen molar-refractivity contribution in [2.24, 2.45) is 0 Å². The molecule has 7 heteroatoms. The van der Waals surface area contributed by atoms with Crippen LogP contribution in [0.2, 0.25) is 0 Å². The number of nitriles is 1. The number of rotatable bonds is 5. The van der Waals surface area contributed by atoms with E-state index in [-0.39, 0.29) is 11.3 Å². The lowest BCUT2D eigenvalue weighted by Gasteiger charge is -2.08. The van der Waals surface area contributed by atoms with E-state index in [1.807, 2.05) is 38.1 Å². The van der Waals surface area contributed by atoms with Crippen molar-refractivity contribution in [3.63, 3.8) is 0 Å². The molecule has 0 radical (unpaired) electrons. The average molecular weight is 336 g/mol. The Morgan fingerprint density at radius 2 is 1.88 bits per heavy atom. The van der Waals surface area contributed by atoms with Crippen LogP contribution in [-0.4, -0.2) is 10.8 Å². The molecule has 2 rings (SSSR count). The van der Waals surface area contributed by atoms with Crippen LogP contribution in [0.3, 0.4) is 0 Å². The van der Waals surface area contributed by atoms with E-state index in [0.717, 1.165) is 16.8 Å². The molecule has 0 saturated heterocycles. The molecule has 0 aliphatic carbocycles. The average Bonchev–Trinajstić information content (AvgIpc) is 2.57. The van der Waals surface area contributed by atoms with Gasteiger partial charge in [0.05, 0.1) is 4.92 Å². The van der Waals surface area contributed by atoms with Gasteiger partial charge in [0.25, 0.3) is 11.6 Å². The third kappa shape index (κ3) is 4.65. The second-order valence-corrected chi connectivity index (χ2v) is 5.39. The van der Waals surface area contributed by atoms with Gasteiger partial charge in [-0.25, -0.2) is 0 Å². The normalized spacial score (nSPS) is 10.7. The number of nitro benzene ring substituents is 1. The van der Waals surface area contributed by atoms with Crippen molar-refractivity contribution in [3.8, 4) is 6.07 Å². The van der Waals surface area contributed by atoms with E-state index in [4.69, 9.17) is 0 Å². The van der Waals surface area contributed by atoms with Crippen LogP contribution in [0.1, 0.15) is 11.1 Å². The summed E-state index contributed by atoms with van der Waals surface area (Å²) in [7, 11) is 0. The van der Waals surface area contributed by atoms with Crippen LogP contribution >= 0.6 is 0 Å². The van der Waals surface area contributed by atoms with Crippen LogP contribution < -0.4 is 10.6 Å². The number of nitrogens with one attached hydrogen (secondary N) is 2. The van der Waals surface area contributed by atoms with Gasteiger partial charge in [0.2, 0.25) is 0 Å². The molecule has 2 aromatic rings. The van der Waals surface area contributed by atoms with Crippen LogP contribution in [0.15, 0.2) is 54.2 Å². The number of carbonyl (C=O) groups is 1. The summed E-state index contributed by atoms with van der Waals surface area (Å²) in [6, 6.07) is 13.0. The molecule has 2 N–H and O–H groups in total. The highest BCUT2D eigenvalue weighted by atomic mass is 16.6. The summed E-state index contributed by atoms with van der Waals surface area (Å²) in [6.45, 7) is 3.90. The van der Waals surface area contributed by atoms with Crippen molar-refractivity contribution in [1.29, 1.82) is 5.26 Å². The first-order valence-electron chi connectivity index (χ1n) is 7.40. The number of aryl methyl sites for hydroxylation is 2. The molecule has 0 spiro atoms. The number of non-ortho nitro benzene ring substituents is 1. The molecule has 0 atom stereocenters. The standard InChI is InChI=1S/C18H16N4O3/c1-12-3-8-17(13(2)9-12)20-11-14(10-19)18(23)21-15-4-6-16(7-5-15)22(24)25/h3-9,11,20H,1-2H3,(H,21,23)/b14-11-. The van der Waals surface area contributed by atoms with Gasteiger partial charge in [0, 0.05) is 29.7 Å². The SMILES string of the molecule is Cc1ccc(N/C=C(/C#N)C(=O)Nc2ccc([N+](=O)[O-])cc2)c(C)c1. The first-order valence-corrected chi connectivity index (χ1v) is 7.40. The Kier molecular flexibility index (Phi) is 5.48. The zero-order chi connectivity index (χ0) is 18.4. The minimum Gasteiger partial charge on any atom is -0.360 e. The van der Waals surface area contributed by atoms with Crippen molar-refractivity contribution in [3.05, 3.63) is 75.5 Å². The fourth-order valence-corrected chi connectivity index (χ4v) is 2.14. The molecular weight excluding hydrogens is 320 g/mol. The molecule has 0 aliphatic heterocycles. The predicted molar refractivity (Wildman–Crippen MR) is 95.0 cm³/mol. The summed E-state index contributed by atoms with van der Waals surface area (Å²) >= 11 is 0. The topological polar surface area (TPSA) is 108 Å². The van der Waals surface area contributed by atoms with Gasteiger partial charge in [-0.2, -0.15) is 5.26 Å². The third-order valence-corrected chi connectivity index (χ3v) is 3.45. The maximum absolute atomic E-state index is 12.1. The molecule has 0 heterocycles. The number of amides is 1. The Labute approximate surface area is 144 Å². The lowest BCUT2D eigenvalue weighted by atomic mass is 10.1. The molecule has 0 bridgehead atoms. The highest BCUT2D eigenvalue weighted by molar-refractivity contribution is 6.06. The Balaban J connectivity index is 2.09. The Morgan fingerprint density at radius 3 is 2.44 bits per heavy atom. The molecular formula is C18H16N4O3. The van der Waals surface area contributed by atoms with E-state index in [1.54, 1.807) is 0 Å². The summed E-state index contributed by atoms with van der Waals surface area (Å²) in [5.74, 6) is -0.603. The molecule has 0 saturated carbocycles. The molecule has 2 aromatic carbocycles. The molecule has 0 aliphatic rings. The lowest BCUT2D eigenvalue weighted by Crippen LogP contribution is -2.14. The van der Waals surface area contributed by atoms with E-state index in [1.165, 1.54) is 30.5 Å². The Bertz CT molecular complexity index is 880. The van der Waals surface area contributed by atoms with E-state index in [9.17, 15) is 20.2 Å². The van der Waals surface area contributed by atoms with E-state index >= 15 is 0 Å². The van der Waals surface area contributed by atoms with Gasteiger partial charge >= 0.3 is 0 Å². The maximum Gasteiger partial charge on any atom is 0.269 e. The number of anilines is 2. The second kappa shape index (κ2) is 7.75. The number of carbonyl (C=O) groups excluding carboxylic acids is 1. The largest absolute Gasteiger partial charge is 0.360 e. The molecule has 25 heavy (non-hydrogen) atoms. The Morgan fingerprint density at radius 1 is 1.20 bits per heavy atom. The smallest absolute Gasteiger partial charge is 0.269 e. The summed E-state index contributed by atoms with van der Waals surface area (Å²) in [4.78, 5) is 22.2. The van der Waals surface area contributed by atoms with Gasteiger partial charge in [0.1, 0.15) is 11.6 Å². The molecule has 0 fully saturated rings. The van der Waals surface area contributed by atoms with Gasteiger partial charge in [-0.05, 0) is 37.6 Å². The quantitative estimate of drug-likeness (QED) is 0.375. The molecule has 0 aromatic heterocycles. The number of hydrogen-bond acceptors (Lipinski definition) is 5. The van der Waals surface area contributed by atoms with Crippen molar-refractivity contribution in [1.82, 2.24) is 0 Å². The van der Waals surface area contributed by atoms with E-state index in [0.29, 0.717) is 5.69 Å². The monoisotopic (exact) mass is 336 g/mol. The zero-order valence-corrected chi connectivity index (χ0v) is 13.7.